The molecular weight excluding hydrogens is 660 g/mol. The van der Waals surface area contributed by atoms with E-state index in [-0.39, 0.29) is 44.8 Å². The smallest absolute Gasteiger partial charge is 0.335 e. The first kappa shape index (κ1) is 41.9. The van der Waals surface area contributed by atoms with Gasteiger partial charge in [0.15, 0.2) is 12.2 Å². The van der Waals surface area contributed by atoms with Crippen LogP contribution in [0.5, 0.6) is 0 Å². The Hall–Kier alpha value is -4.23. The molecule has 0 spiro atoms. The van der Waals surface area contributed by atoms with Gasteiger partial charge in [0.1, 0.15) is 12.1 Å². The molecule has 50 heavy (non-hydrogen) atoms. The molecule has 1 aromatic rings. The van der Waals surface area contributed by atoms with E-state index in [0.717, 1.165) is 0 Å². The van der Waals surface area contributed by atoms with Gasteiger partial charge in [0.2, 0.25) is 5.91 Å². The number of carbonyl (C=O) groups is 6. The maximum absolute atomic E-state index is 12.4. The number of unbranched alkanes of at least 4 members (excludes halogenated alkanes) is 2. The largest absolute Gasteiger partial charge is 0.481 e. The summed E-state index contributed by atoms with van der Waals surface area (Å²) >= 11 is 0. The summed E-state index contributed by atoms with van der Waals surface area (Å²) in [7, 11) is 1.87. The van der Waals surface area contributed by atoms with E-state index in [4.69, 9.17) is 15.2 Å². The molecule has 0 fully saturated rings. The number of carboxylic acid groups (broad SMARTS) is 4. The number of hydrogen-bond acceptors (Lipinski definition) is 12. The highest BCUT2D eigenvalue weighted by Crippen LogP contribution is 2.18. The third kappa shape index (κ3) is 15.1. The third-order valence-corrected chi connectivity index (χ3v) is 8.40. The van der Waals surface area contributed by atoms with Crippen LogP contribution in [0.4, 0.5) is 0 Å². The van der Waals surface area contributed by atoms with Gasteiger partial charge in [-0.25, -0.2) is 4.79 Å². The summed E-state index contributed by atoms with van der Waals surface area (Å²) in [4.78, 5) is 80.3. The first-order valence-electron chi connectivity index (χ1n) is 16.6. The molecular formula is C32H50N6O12. The topological polar surface area (TPSA) is 270 Å². The number of fused-ring (bicyclic) bond motifs is 2. The number of hydrogen-bond donors (Lipinski definition) is 8. The summed E-state index contributed by atoms with van der Waals surface area (Å²) in [6.07, 6.45) is -2.44. The fraction of sp³-hybridized carbons (Fsp3) is 0.656. The Bertz CT molecular complexity index is 1300. The summed E-state index contributed by atoms with van der Waals surface area (Å²) < 4.78 is 0. The second-order valence-corrected chi connectivity index (χ2v) is 12.3. The molecule has 1 aliphatic heterocycles. The number of aliphatic carboxylic acids is 4. The van der Waals surface area contributed by atoms with E-state index in [1.165, 1.54) is 0 Å². The maximum atomic E-state index is 12.4. The summed E-state index contributed by atoms with van der Waals surface area (Å²) in [6, 6.07) is 3.66. The zero-order valence-corrected chi connectivity index (χ0v) is 28.3. The maximum Gasteiger partial charge on any atom is 0.335 e. The molecule has 3 unspecified atom stereocenters. The van der Waals surface area contributed by atoms with Crippen LogP contribution in [0.15, 0.2) is 18.2 Å². The highest BCUT2D eigenvalue weighted by Gasteiger charge is 2.31. The Balaban J connectivity index is 2.05. The molecule has 18 heteroatoms. The number of aromatic nitrogens is 1. The lowest BCUT2D eigenvalue weighted by atomic mass is 10.1. The lowest BCUT2D eigenvalue weighted by molar-refractivity contribution is -0.158. The average molecular weight is 711 g/mol. The van der Waals surface area contributed by atoms with Gasteiger partial charge in [-0.3, -0.25) is 38.8 Å². The Morgan fingerprint density at radius 3 is 1.66 bits per heavy atom. The van der Waals surface area contributed by atoms with Crippen molar-refractivity contribution in [1.29, 1.82) is 0 Å². The summed E-state index contributed by atoms with van der Waals surface area (Å²) in [5.41, 5.74) is 1.24. The molecule has 0 aliphatic carbocycles. The Morgan fingerprint density at radius 2 is 1.20 bits per heavy atom. The van der Waals surface area contributed by atoms with Gasteiger partial charge < -0.3 is 46.2 Å². The number of nitrogens with one attached hydrogen (secondary N) is 2. The number of amides is 2. The predicted molar refractivity (Wildman–Crippen MR) is 176 cm³/mol. The molecule has 0 saturated carbocycles. The molecule has 280 valence electrons. The first-order valence-corrected chi connectivity index (χ1v) is 16.6. The van der Waals surface area contributed by atoms with Gasteiger partial charge in [-0.05, 0) is 57.7 Å². The molecule has 2 bridgehead atoms. The molecule has 2 rings (SSSR count). The zero-order valence-electron chi connectivity index (χ0n) is 28.3. The number of likely N-dealkylation sites (N-methyl/N-ethyl adjacent to an activating group) is 1. The summed E-state index contributed by atoms with van der Waals surface area (Å²) in [6.45, 7) is 2.57. The minimum absolute atomic E-state index is 0.0416. The second-order valence-electron chi connectivity index (χ2n) is 12.3. The molecule has 0 aromatic carbocycles. The average Bonchev–Trinajstić information content (AvgIpc) is 3.06. The molecule has 4 atom stereocenters. The molecule has 2 amide bonds. The van der Waals surface area contributed by atoms with E-state index in [1.54, 1.807) is 18.2 Å². The van der Waals surface area contributed by atoms with Gasteiger partial charge in [-0.1, -0.05) is 6.07 Å². The number of nitrogens with zero attached hydrogens (tertiary/aromatic N) is 4. The normalized spacial score (nSPS) is 17.3. The first-order chi connectivity index (χ1) is 23.7. The van der Waals surface area contributed by atoms with Crippen molar-refractivity contribution in [2.45, 2.75) is 88.7 Å². The molecule has 8 N–H and O–H groups in total. The number of carboxylic acids is 4. The van der Waals surface area contributed by atoms with Crippen LogP contribution >= 0.6 is 0 Å². The monoisotopic (exact) mass is 710 g/mol. The number of rotatable bonds is 20. The quantitative estimate of drug-likeness (QED) is 0.0737. The van der Waals surface area contributed by atoms with Gasteiger partial charge in [0.25, 0.3) is 5.91 Å². The van der Waals surface area contributed by atoms with E-state index in [9.17, 15) is 49.2 Å². The van der Waals surface area contributed by atoms with E-state index >= 15 is 0 Å². The Morgan fingerprint density at radius 1 is 0.700 bits per heavy atom. The number of carbonyl (C=O) groups excluding carboxylic acids is 2. The van der Waals surface area contributed by atoms with Crippen LogP contribution in [0.25, 0.3) is 0 Å². The van der Waals surface area contributed by atoms with Crippen molar-refractivity contribution < 1.29 is 59.4 Å². The SMILES string of the molecule is CN1CCN(C(CCCCNC(=O)CCC(=O)O)C(=O)O)Cc2cccc(n2)CN(C(CCCCNC(=O)[C@H](O)C(O)C(=O)O)C(=O)O)CC1. The van der Waals surface area contributed by atoms with Crippen LogP contribution in [0.3, 0.4) is 0 Å². The van der Waals surface area contributed by atoms with Gasteiger partial charge in [-0.15, -0.1) is 0 Å². The molecule has 18 nitrogen and oxygen atoms in total. The predicted octanol–water partition coefficient (Wildman–Crippen LogP) is -1.22. The molecule has 2 heterocycles. The van der Waals surface area contributed by atoms with Crippen molar-refractivity contribution in [2.24, 2.45) is 0 Å². The van der Waals surface area contributed by atoms with E-state index < -0.39 is 54.1 Å². The van der Waals surface area contributed by atoms with Crippen molar-refractivity contribution >= 4 is 35.7 Å². The van der Waals surface area contributed by atoms with Crippen molar-refractivity contribution in [3.63, 3.8) is 0 Å². The fourth-order valence-electron chi connectivity index (χ4n) is 5.50. The fourth-order valence-corrected chi connectivity index (χ4v) is 5.50. The van der Waals surface area contributed by atoms with Crippen molar-refractivity contribution in [1.82, 2.24) is 30.3 Å². The standard InChI is InChI=1S/C32H50N6O12/c1-36-15-17-37(23(30(45)46)9-2-4-13-33-25(39)11-12-26(40)41)19-21-7-6-8-22(35-21)20-38(18-16-36)24(31(47)48)10-3-5-14-34-29(44)27(42)28(43)32(49)50/h6-8,23-24,27-28,42-43H,2-5,9-20H2,1H3,(H,33,39)(H,34,44)(H,40,41)(H,45,46)(H,47,48)(H,49,50)/t23?,24?,27-,28?/m1/s1. The lowest BCUT2D eigenvalue weighted by Gasteiger charge is -2.34. The second kappa shape index (κ2) is 21.8. The van der Waals surface area contributed by atoms with Crippen molar-refractivity contribution in [3.05, 3.63) is 29.6 Å². The van der Waals surface area contributed by atoms with Crippen LogP contribution < -0.4 is 10.6 Å². The van der Waals surface area contributed by atoms with E-state index in [1.807, 2.05) is 21.7 Å². The zero-order chi connectivity index (χ0) is 37.2. The van der Waals surface area contributed by atoms with Crippen LogP contribution in [-0.4, -0.2) is 157 Å². The van der Waals surface area contributed by atoms with Gasteiger partial charge in [-0.2, -0.15) is 0 Å². The van der Waals surface area contributed by atoms with Gasteiger partial charge in [0.05, 0.1) is 17.8 Å². The van der Waals surface area contributed by atoms with Gasteiger partial charge >= 0.3 is 23.9 Å². The molecule has 0 radical (unpaired) electrons. The Labute approximate surface area is 290 Å². The van der Waals surface area contributed by atoms with Gasteiger partial charge in [0, 0.05) is 58.8 Å². The summed E-state index contributed by atoms with van der Waals surface area (Å²) in [5, 5.41) is 61.7. The number of pyridine rings is 1. The van der Waals surface area contributed by atoms with E-state index in [0.29, 0.717) is 76.2 Å². The minimum Gasteiger partial charge on any atom is -0.481 e. The lowest BCUT2D eigenvalue weighted by Crippen LogP contribution is -2.47. The highest BCUT2D eigenvalue weighted by molar-refractivity contribution is 5.87. The minimum atomic E-state index is -2.26. The summed E-state index contributed by atoms with van der Waals surface area (Å²) in [5.74, 6) is -6.22. The van der Waals surface area contributed by atoms with Crippen molar-refractivity contribution in [2.75, 3.05) is 46.3 Å². The number of aliphatic hydroxyl groups is 2. The van der Waals surface area contributed by atoms with E-state index in [2.05, 4.69) is 10.6 Å². The highest BCUT2D eigenvalue weighted by atomic mass is 16.4. The van der Waals surface area contributed by atoms with Crippen molar-refractivity contribution in [3.8, 4) is 0 Å². The van der Waals surface area contributed by atoms with Crippen LogP contribution in [0.2, 0.25) is 0 Å². The molecule has 0 saturated heterocycles. The van der Waals surface area contributed by atoms with Crippen LogP contribution in [0.1, 0.15) is 62.8 Å². The Kier molecular flexibility index (Phi) is 18.3. The molecule has 1 aliphatic rings. The molecule has 1 aromatic heterocycles. The number of aliphatic hydroxyl groups excluding tert-OH is 2. The third-order valence-electron chi connectivity index (χ3n) is 8.40. The van der Waals surface area contributed by atoms with Crippen LogP contribution in [0, 0.1) is 0 Å². The van der Waals surface area contributed by atoms with Crippen LogP contribution in [-0.2, 0) is 41.9 Å².